The van der Waals surface area contributed by atoms with Gasteiger partial charge in [0.15, 0.2) is 0 Å². The van der Waals surface area contributed by atoms with E-state index >= 15 is 0 Å². The standard InChI is InChI=1S/C13H20N2O/c14-10-13(15-8-2-1-3-9-15)11-4-6-12(16)7-5-11/h4-7,13,16H,1-3,8-10,14H2. The minimum atomic E-state index is 0.306. The molecule has 1 aliphatic heterocycles. The van der Waals surface area contributed by atoms with Crippen LogP contribution in [0.1, 0.15) is 30.9 Å². The van der Waals surface area contributed by atoms with E-state index in [1.165, 1.54) is 24.8 Å². The predicted molar refractivity (Wildman–Crippen MR) is 65.3 cm³/mol. The second kappa shape index (κ2) is 5.32. The third-order valence-corrected chi connectivity index (χ3v) is 3.33. The van der Waals surface area contributed by atoms with Gasteiger partial charge in [0.2, 0.25) is 0 Å². The number of phenolic OH excluding ortho intramolecular Hbond substituents is 1. The molecule has 0 spiro atoms. The third-order valence-electron chi connectivity index (χ3n) is 3.33. The second-order valence-corrected chi connectivity index (χ2v) is 4.44. The highest BCUT2D eigenvalue weighted by molar-refractivity contribution is 5.28. The predicted octanol–water partition coefficient (Wildman–Crippen LogP) is 1.88. The number of phenols is 1. The summed E-state index contributed by atoms with van der Waals surface area (Å²) < 4.78 is 0. The zero-order valence-electron chi connectivity index (χ0n) is 9.60. The van der Waals surface area contributed by atoms with Gasteiger partial charge in [-0.05, 0) is 43.6 Å². The fourth-order valence-corrected chi connectivity index (χ4v) is 2.42. The number of piperidine rings is 1. The molecule has 3 nitrogen and oxygen atoms in total. The molecular formula is C13H20N2O. The summed E-state index contributed by atoms with van der Waals surface area (Å²) in [4.78, 5) is 2.45. The molecule has 3 N–H and O–H groups in total. The Balaban J connectivity index is 2.11. The van der Waals surface area contributed by atoms with Crippen LogP contribution in [-0.2, 0) is 0 Å². The summed E-state index contributed by atoms with van der Waals surface area (Å²) in [6.07, 6.45) is 3.88. The molecule has 2 rings (SSSR count). The first kappa shape index (κ1) is 11.4. The third kappa shape index (κ3) is 2.54. The molecule has 16 heavy (non-hydrogen) atoms. The van der Waals surface area contributed by atoms with Crippen molar-refractivity contribution >= 4 is 0 Å². The van der Waals surface area contributed by atoms with Gasteiger partial charge in [0.05, 0.1) is 0 Å². The van der Waals surface area contributed by atoms with Crippen molar-refractivity contribution in [2.24, 2.45) is 5.73 Å². The van der Waals surface area contributed by atoms with Gasteiger partial charge in [-0.2, -0.15) is 0 Å². The Labute approximate surface area is 96.9 Å². The minimum Gasteiger partial charge on any atom is -0.508 e. The van der Waals surface area contributed by atoms with Gasteiger partial charge in [-0.1, -0.05) is 18.6 Å². The minimum absolute atomic E-state index is 0.306. The SMILES string of the molecule is NCC(c1ccc(O)cc1)N1CCCCC1. The van der Waals surface area contributed by atoms with Crippen molar-refractivity contribution in [2.45, 2.75) is 25.3 Å². The van der Waals surface area contributed by atoms with Crippen LogP contribution in [0.2, 0.25) is 0 Å². The molecule has 1 aromatic carbocycles. The quantitative estimate of drug-likeness (QED) is 0.817. The molecule has 1 atom stereocenters. The van der Waals surface area contributed by atoms with E-state index in [-0.39, 0.29) is 0 Å². The van der Waals surface area contributed by atoms with Gasteiger partial charge in [0.1, 0.15) is 5.75 Å². The second-order valence-electron chi connectivity index (χ2n) is 4.44. The summed E-state index contributed by atoms with van der Waals surface area (Å²) in [5.41, 5.74) is 7.08. The van der Waals surface area contributed by atoms with Gasteiger partial charge in [-0.15, -0.1) is 0 Å². The molecule has 0 saturated carbocycles. The molecule has 0 aromatic heterocycles. The maximum absolute atomic E-state index is 9.28. The average molecular weight is 220 g/mol. The Kier molecular flexibility index (Phi) is 3.80. The van der Waals surface area contributed by atoms with Crippen molar-refractivity contribution in [1.29, 1.82) is 0 Å². The monoisotopic (exact) mass is 220 g/mol. The number of rotatable bonds is 3. The molecule has 0 radical (unpaired) electrons. The van der Waals surface area contributed by atoms with E-state index in [1.807, 2.05) is 12.1 Å². The van der Waals surface area contributed by atoms with Crippen LogP contribution >= 0.6 is 0 Å². The van der Waals surface area contributed by atoms with Crippen molar-refractivity contribution in [3.63, 3.8) is 0 Å². The van der Waals surface area contributed by atoms with Crippen molar-refractivity contribution in [3.8, 4) is 5.75 Å². The van der Waals surface area contributed by atoms with Gasteiger partial charge in [0.25, 0.3) is 0 Å². The van der Waals surface area contributed by atoms with Crippen LogP contribution in [0.3, 0.4) is 0 Å². The van der Waals surface area contributed by atoms with Crippen molar-refractivity contribution in [3.05, 3.63) is 29.8 Å². The summed E-state index contributed by atoms with van der Waals surface area (Å²) >= 11 is 0. The zero-order chi connectivity index (χ0) is 11.4. The van der Waals surface area contributed by atoms with Crippen LogP contribution in [0, 0.1) is 0 Å². The summed E-state index contributed by atoms with van der Waals surface area (Å²) in [6, 6.07) is 7.73. The van der Waals surface area contributed by atoms with Crippen LogP contribution in [-0.4, -0.2) is 29.6 Å². The van der Waals surface area contributed by atoms with Crippen LogP contribution in [0.25, 0.3) is 0 Å². The van der Waals surface area contributed by atoms with Gasteiger partial charge in [-0.25, -0.2) is 0 Å². The van der Waals surface area contributed by atoms with Crippen LogP contribution in [0.5, 0.6) is 5.75 Å². The highest BCUT2D eigenvalue weighted by atomic mass is 16.3. The first-order valence-corrected chi connectivity index (χ1v) is 6.04. The Morgan fingerprint density at radius 1 is 1.12 bits per heavy atom. The van der Waals surface area contributed by atoms with E-state index in [1.54, 1.807) is 12.1 Å². The number of aromatic hydroxyl groups is 1. The number of hydrogen-bond donors (Lipinski definition) is 2. The van der Waals surface area contributed by atoms with E-state index < -0.39 is 0 Å². The number of hydrogen-bond acceptors (Lipinski definition) is 3. The summed E-state index contributed by atoms with van der Waals surface area (Å²) in [6.45, 7) is 2.93. The lowest BCUT2D eigenvalue weighted by atomic mass is 10.0. The normalized spacial score (nSPS) is 19.6. The van der Waals surface area contributed by atoms with E-state index in [4.69, 9.17) is 5.73 Å². The molecule has 0 bridgehead atoms. The Morgan fingerprint density at radius 3 is 2.31 bits per heavy atom. The largest absolute Gasteiger partial charge is 0.508 e. The number of likely N-dealkylation sites (tertiary alicyclic amines) is 1. The van der Waals surface area contributed by atoms with E-state index in [0.29, 0.717) is 18.3 Å². The fraction of sp³-hybridized carbons (Fsp3) is 0.538. The van der Waals surface area contributed by atoms with E-state index in [9.17, 15) is 5.11 Å². The Hall–Kier alpha value is -1.06. The molecule has 1 aliphatic rings. The molecule has 0 amide bonds. The molecule has 1 saturated heterocycles. The lowest BCUT2D eigenvalue weighted by Crippen LogP contribution is -2.37. The molecule has 3 heteroatoms. The van der Waals surface area contributed by atoms with Gasteiger partial charge in [-0.3, -0.25) is 4.90 Å². The van der Waals surface area contributed by atoms with Gasteiger partial charge < -0.3 is 10.8 Å². The van der Waals surface area contributed by atoms with Crippen LogP contribution in [0.4, 0.5) is 0 Å². The van der Waals surface area contributed by atoms with E-state index in [0.717, 1.165) is 13.1 Å². The highest BCUT2D eigenvalue weighted by Crippen LogP contribution is 2.24. The van der Waals surface area contributed by atoms with E-state index in [2.05, 4.69) is 4.90 Å². The summed E-state index contributed by atoms with van der Waals surface area (Å²) in [5.74, 6) is 0.318. The molecule has 1 unspecified atom stereocenters. The Morgan fingerprint density at radius 2 is 1.75 bits per heavy atom. The number of nitrogens with zero attached hydrogens (tertiary/aromatic N) is 1. The lowest BCUT2D eigenvalue weighted by Gasteiger charge is -2.34. The van der Waals surface area contributed by atoms with Gasteiger partial charge in [0, 0.05) is 12.6 Å². The molecule has 1 heterocycles. The van der Waals surface area contributed by atoms with Crippen LogP contribution in [0.15, 0.2) is 24.3 Å². The van der Waals surface area contributed by atoms with Crippen LogP contribution < -0.4 is 5.73 Å². The summed E-state index contributed by atoms with van der Waals surface area (Å²) in [5, 5.41) is 9.28. The molecular weight excluding hydrogens is 200 g/mol. The first-order valence-electron chi connectivity index (χ1n) is 6.04. The van der Waals surface area contributed by atoms with Crippen molar-refractivity contribution in [1.82, 2.24) is 4.90 Å². The molecule has 0 aliphatic carbocycles. The lowest BCUT2D eigenvalue weighted by molar-refractivity contribution is 0.167. The smallest absolute Gasteiger partial charge is 0.115 e. The molecule has 1 fully saturated rings. The number of nitrogens with two attached hydrogens (primary N) is 1. The maximum atomic E-state index is 9.28. The van der Waals surface area contributed by atoms with Crippen molar-refractivity contribution < 1.29 is 5.11 Å². The number of benzene rings is 1. The molecule has 1 aromatic rings. The topological polar surface area (TPSA) is 49.5 Å². The molecule has 88 valence electrons. The van der Waals surface area contributed by atoms with Crippen molar-refractivity contribution in [2.75, 3.05) is 19.6 Å². The zero-order valence-corrected chi connectivity index (χ0v) is 9.60. The highest BCUT2D eigenvalue weighted by Gasteiger charge is 2.20. The van der Waals surface area contributed by atoms with Gasteiger partial charge >= 0.3 is 0 Å². The average Bonchev–Trinajstić information content (AvgIpc) is 2.34. The Bertz CT molecular complexity index is 317. The summed E-state index contributed by atoms with van der Waals surface area (Å²) in [7, 11) is 0. The maximum Gasteiger partial charge on any atom is 0.115 e. The fourth-order valence-electron chi connectivity index (χ4n) is 2.42. The first-order chi connectivity index (χ1) is 7.81.